The Morgan fingerprint density at radius 3 is 2.86 bits per heavy atom. The summed E-state index contributed by atoms with van der Waals surface area (Å²) in [5, 5.41) is 1.91. The molecule has 114 valence electrons. The van der Waals surface area contributed by atoms with E-state index in [0.29, 0.717) is 16.9 Å². The van der Waals surface area contributed by atoms with Gasteiger partial charge in [0.2, 0.25) is 0 Å². The van der Waals surface area contributed by atoms with E-state index in [-0.39, 0.29) is 5.91 Å². The molecule has 22 heavy (non-hydrogen) atoms. The van der Waals surface area contributed by atoms with Gasteiger partial charge in [-0.25, -0.2) is 0 Å². The second kappa shape index (κ2) is 5.81. The van der Waals surface area contributed by atoms with Crippen molar-refractivity contribution in [3.63, 3.8) is 0 Å². The largest absolute Gasteiger partial charge is 0.467 e. The standard InChI is InChI=1S/C16H17N3O2S/c1-11-9-14(15(20)17-16-18(3)6-8-22-16)12(2)19(11)10-13-5-4-7-21-13/h4-9H,10H2,1-3H3. The number of hydrogen-bond acceptors (Lipinski definition) is 3. The predicted molar refractivity (Wildman–Crippen MR) is 84.9 cm³/mol. The number of thiazole rings is 1. The van der Waals surface area contributed by atoms with Crippen LogP contribution in [0, 0.1) is 13.8 Å². The van der Waals surface area contributed by atoms with Crippen molar-refractivity contribution in [2.45, 2.75) is 20.4 Å². The summed E-state index contributed by atoms with van der Waals surface area (Å²) in [5.74, 6) is 0.652. The number of nitrogens with zero attached hydrogens (tertiary/aromatic N) is 3. The topological polar surface area (TPSA) is 52.4 Å². The number of hydrogen-bond donors (Lipinski definition) is 0. The third-order valence-corrected chi connectivity index (χ3v) is 4.50. The monoisotopic (exact) mass is 315 g/mol. The molecule has 0 N–H and O–H groups in total. The summed E-state index contributed by atoms with van der Waals surface area (Å²) in [6, 6.07) is 5.68. The third-order valence-electron chi connectivity index (χ3n) is 3.65. The van der Waals surface area contributed by atoms with Crippen LogP contribution < -0.4 is 4.80 Å². The van der Waals surface area contributed by atoms with Gasteiger partial charge in [-0.05, 0) is 32.0 Å². The molecule has 1 amide bonds. The van der Waals surface area contributed by atoms with Crippen molar-refractivity contribution in [1.82, 2.24) is 9.13 Å². The van der Waals surface area contributed by atoms with E-state index in [1.165, 1.54) is 11.3 Å². The molecule has 0 unspecified atom stereocenters. The molecule has 0 fully saturated rings. The first-order chi connectivity index (χ1) is 10.6. The Balaban J connectivity index is 1.96. The molecule has 3 rings (SSSR count). The minimum atomic E-state index is -0.211. The molecule has 0 radical (unpaired) electrons. The highest BCUT2D eigenvalue weighted by molar-refractivity contribution is 7.07. The number of aromatic nitrogens is 2. The smallest absolute Gasteiger partial charge is 0.281 e. The van der Waals surface area contributed by atoms with Crippen LogP contribution in [0.3, 0.4) is 0 Å². The van der Waals surface area contributed by atoms with Gasteiger partial charge in [-0.3, -0.25) is 4.79 Å². The summed E-state index contributed by atoms with van der Waals surface area (Å²) in [6.07, 6.45) is 3.54. The Labute approximate surface area is 132 Å². The van der Waals surface area contributed by atoms with Crippen molar-refractivity contribution in [3.05, 3.63) is 63.6 Å². The average Bonchev–Trinajstić information content (AvgIpc) is 3.18. The highest BCUT2D eigenvalue weighted by Crippen LogP contribution is 2.18. The van der Waals surface area contributed by atoms with E-state index in [1.54, 1.807) is 6.26 Å². The molecule has 0 atom stereocenters. The zero-order valence-electron chi connectivity index (χ0n) is 12.7. The molecule has 0 aliphatic heterocycles. The van der Waals surface area contributed by atoms with Crippen LogP contribution in [0.2, 0.25) is 0 Å². The van der Waals surface area contributed by atoms with E-state index in [4.69, 9.17) is 4.42 Å². The maximum atomic E-state index is 12.4. The molecule has 0 aliphatic rings. The van der Waals surface area contributed by atoms with Gasteiger partial charge in [0, 0.05) is 30.0 Å². The van der Waals surface area contributed by atoms with Gasteiger partial charge in [-0.2, -0.15) is 4.99 Å². The highest BCUT2D eigenvalue weighted by atomic mass is 32.1. The first kappa shape index (κ1) is 14.6. The van der Waals surface area contributed by atoms with Crippen LogP contribution in [0.4, 0.5) is 0 Å². The minimum Gasteiger partial charge on any atom is -0.467 e. The molecule has 3 aromatic rings. The van der Waals surface area contributed by atoms with Crippen LogP contribution >= 0.6 is 11.3 Å². The molecule has 0 aliphatic carbocycles. The molecule has 0 bridgehead atoms. The number of carbonyl (C=O) groups excluding carboxylic acids is 1. The summed E-state index contributed by atoms with van der Waals surface area (Å²) in [6.45, 7) is 4.54. The number of amides is 1. The zero-order valence-corrected chi connectivity index (χ0v) is 13.6. The molecular formula is C16H17N3O2S. The van der Waals surface area contributed by atoms with Crippen LogP contribution in [0.25, 0.3) is 0 Å². The summed E-state index contributed by atoms with van der Waals surface area (Å²) in [7, 11) is 1.88. The van der Waals surface area contributed by atoms with Gasteiger partial charge in [0.1, 0.15) is 5.76 Å². The molecule has 0 aromatic carbocycles. The fourth-order valence-electron chi connectivity index (χ4n) is 2.40. The van der Waals surface area contributed by atoms with E-state index < -0.39 is 0 Å². The first-order valence-corrected chi connectivity index (χ1v) is 7.82. The van der Waals surface area contributed by atoms with Gasteiger partial charge < -0.3 is 13.6 Å². The Hall–Kier alpha value is -2.34. The van der Waals surface area contributed by atoms with Gasteiger partial charge in [0.15, 0.2) is 4.80 Å². The predicted octanol–water partition coefficient (Wildman–Crippen LogP) is 2.89. The van der Waals surface area contributed by atoms with Gasteiger partial charge in [0.05, 0.1) is 18.4 Å². The molecule has 3 aromatic heterocycles. The Morgan fingerprint density at radius 2 is 2.23 bits per heavy atom. The van der Waals surface area contributed by atoms with Crippen molar-refractivity contribution in [1.29, 1.82) is 0 Å². The number of carbonyl (C=O) groups is 1. The average molecular weight is 315 g/mol. The molecule has 3 heterocycles. The van der Waals surface area contributed by atoms with Gasteiger partial charge >= 0.3 is 0 Å². The second-order valence-corrected chi connectivity index (χ2v) is 6.04. The van der Waals surface area contributed by atoms with Crippen LogP contribution in [-0.2, 0) is 13.6 Å². The van der Waals surface area contributed by atoms with E-state index in [0.717, 1.165) is 17.1 Å². The molecule has 0 saturated heterocycles. The van der Waals surface area contributed by atoms with Gasteiger partial charge in [0.25, 0.3) is 5.91 Å². The minimum absolute atomic E-state index is 0.211. The summed E-state index contributed by atoms with van der Waals surface area (Å²) >= 11 is 1.45. The normalized spacial score (nSPS) is 12.0. The fraction of sp³-hybridized carbons (Fsp3) is 0.250. The van der Waals surface area contributed by atoms with Crippen LogP contribution in [0.5, 0.6) is 0 Å². The van der Waals surface area contributed by atoms with E-state index >= 15 is 0 Å². The Morgan fingerprint density at radius 1 is 1.41 bits per heavy atom. The lowest BCUT2D eigenvalue weighted by atomic mass is 10.2. The van der Waals surface area contributed by atoms with E-state index in [2.05, 4.69) is 9.56 Å². The quantitative estimate of drug-likeness (QED) is 0.746. The third kappa shape index (κ3) is 2.69. The maximum Gasteiger partial charge on any atom is 0.281 e. The molecule has 0 saturated carbocycles. The zero-order chi connectivity index (χ0) is 15.7. The van der Waals surface area contributed by atoms with Crippen LogP contribution in [0.1, 0.15) is 27.5 Å². The second-order valence-electron chi connectivity index (χ2n) is 5.16. The van der Waals surface area contributed by atoms with Crippen molar-refractivity contribution < 1.29 is 9.21 Å². The van der Waals surface area contributed by atoms with Crippen molar-refractivity contribution in [2.24, 2.45) is 12.0 Å². The Kier molecular flexibility index (Phi) is 3.85. The van der Waals surface area contributed by atoms with Gasteiger partial charge in [-0.15, -0.1) is 11.3 Å². The highest BCUT2D eigenvalue weighted by Gasteiger charge is 2.16. The fourth-order valence-corrected chi connectivity index (χ4v) is 3.13. The van der Waals surface area contributed by atoms with E-state index in [9.17, 15) is 4.79 Å². The molecule has 0 spiro atoms. The van der Waals surface area contributed by atoms with Crippen molar-refractivity contribution in [2.75, 3.05) is 0 Å². The summed E-state index contributed by atoms with van der Waals surface area (Å²) < 4.78 is 9.29. The van der Waals surface area contributed by atoms with Crippen molar-refractivity contribution in [3.8, 4) is 0 Å². The Bertz CT molecular complexity index is 866. The molecule has 6 heteroatoms. The summed E-state index contributed by atoms with van der Waals surface area (Å²) in [4.78, 5) is 17.3. The number of furan rings is 1. The van der Waals surface area contributed by atoms with Crippen molar-refractivity contribution >= 4 is 17.2 Å². The van der Waals surface area contributed by atoms with Crippen LogP contribution in [0.15, 0.2) is 45.4 Å². The maximum absolute atomic E-state index is 12.4. The van der Waals surface area contributed by atoms with Gasteiger partial charge in [-0.1, -0.05) is 0 Å². The lowest BCUT2D eigenvalue weighted by Gasteiger charge is -2.07. The van der Waals surface area contributed by atoms with Crippen LogP contribution in [-0.4, -0.2) is 15.0 Å². The molecule has 5 nitrogen and oxygen atoms in total. The SMILES string of the molecule is Cc1cc(C(=O)N=c2sccn2C)c(C)n1Cc1ccco1. The number of aryl methyl sites for hydroxylation is 2. The van der Waals surface area contributed by atoms with E-state index in [1.807, 2.05) is 55.2 Å². The number of rotatable bonds is 3. The summed E-state index contributed by atoms with van der Waals surface area (Å²) in [5.41, 5.74) is 2.56. The molecular weight excluding hydrogens is 298 g/mol. The lowest BCUT2D eigenvalue weighted by molar-refractivity contribution is 0.0997. The first-order valence-electron chi connectivity index (χ1n) is 6.94. The lowest BCUT2D eigenvalue weighted by Crippen LogP contribution is -2.13.